The Hall–Kier alpha value is -3.12. The van der Waals surface area contributed by atoms with E-state index >= 15 is 0 Å². The number of hydrogen-bond acceptors (Lipinski definition) is 10. The second-order valence-corrected chi connectivity index (χ2v) is 18.0. The molecule has 1 aliphatic rings. The first-order valence-electron chi connectivity index (χ1n) is 26.7. The number of ether oxygens (including phenoxy) is 4. The molecule has 0 aliphatic carbocycles. The summed E-state index contributed by atoms with van der Waals surface area (Å²) in [6.45, 7) is 3.30. The molecule has 0 radical (unpaired) electrons. The maximum absolute atomic E-state index is 12.8. The highest BCUT2D eigenvalue weighted by atomic mass is 16.7. The van der Waals surface area contributed by atoms with Crippen molar-refractivity contribution in [2.45, 2.75) is 243 Å². The van der Waals surface area contributed by atoms with Crippen molar-refractivity contribution in [3.05, 3.63) is 85.1 Å². The van der Waals surface area contributed by atoms with Gasteiger partial charge in [-0.1, -0.05) is 195 Å². The Morgan fingerprint density at radius 3 is 1.40 bits per heavy atom. The first kappa shape index (κ1) is 61.9. The van der Waals surface area contributed by atoms with Gasteiger partial charge in [0, 0.05) is 12.8 Å². The first-order chi connectivity index (χ1) is 32.8. The Morgan fingerprint density at radius 2 is 0.881 bits per heavy atom. The van der Waals surface area contributed by atoms with Crippen LogP contribution >= 0.6 is 0 Å². The molecule has 1 heterocycles. The average molecular weight is 941 g/mol. The van der Waals surface area contributed by atoms with Gasteiger partial charge in [0.15, 0.2) is 12.4 Å². The first-order valence-corrected chi connectivity index (χ1v) is 26.7. The second-order valence-electron chi connectivity index (χ2n) is 18.0. The molecule has 1 rings (SSSR count). The zero-order valence-corrected chi connectivity index (χ0v) is 42.1. The number of carbonyl (C=O) groups is 2. The molecule has 10 heteroatoms. The maximum Gasteiger partial charge on any atom is 0.306 e. The Bertz CT molecular complexity index is 1360. The van der Waals surface area contributed by atoms with Gasteiger partial charge in [0.2, 0.25) is 0 Å². The summed E-state index contributed by atoms with van der Waals surface area (Å²) in [4.78, 5) is 25.4. The lowest BCUT2D eigenvalue weighted by Gasteiger charge is -2.39. The topological polar surface area (TPSA) is 152 Å². The largest absolute Gasteiger partial charge is 0.462 e. The van der Waals surface area contributed by atoms with Gasteiger partial charge in [-0.3, -0.25) is 9.59 Å². The standard InChI is InChI=1S/C57H96O10/c1-3-5-7-9-11-13-15-17-19-21-23-24-25-26-28-30-32-34-36-38-40-42-44-46-53(60)66-50(49-65-57-56(63)55(62)54(61)51(47-58)67-57)48-64-52(59)45-43-41-39-37-35-33-31-29-27-22-20-18-16-14-12-10-8-6-4-2/h12,14,18,20,27,29-30,32-33,35,38-41,50-51,54-58,61-63H,3-11,13,15-17,19,21-26,28,31,34,36-37,42-49H2,1-2H3/b14-12+,20-18+,29-27+,32-30+,35-33+,40-38+,41-39+/t50-,51-,54+,55?,56?,57-/m1/s1. The van der Waals surface area contributed by atoms with Crippen LogP contribution in [0, 0.1) is 0 Å². The number of aliphatic hydroxyl groups is 4. The van der Waals surface area contributed by atoms with Gasteiger partial charge in [-0.25, -0.2) is 0 Å². The van der Waals surface area contributed by atoms with Crippen molar-refractivity contribution in [3.8, 4) is 0 Å². The molecule has 4 N–H and O–H groups in total. The number of allylic oxidation sites excluding steroid dienone is 14. The van der Waals surface area contributed by atoms with E-state index in [1.165, 1.54) is 116 Å². The van der Waals surface area contributed by atoms with Crippen molar-refractivity contribution in [2.24, 2.45) is 0 Å². The fraction of sp³-hybridized carbons (Fsp3) is 0.719. The highest BCUT2D eigenvalue weighted by Crippen LogP contribution is 2.22. The predicted octanol–water partition coefficient (Wildman–Crippen LogP) is 12.9. The third kappa shape index (κ3) is 37.5. The second kappa shape index (κ2) is 46.6. The average Bonchev–Trinajstić information content (AvgIpc) is 3.33. The van der Waals surface area contributed by atoms with Crippen LogP contribution in [0.25, 0.3) is 0 Å². The van der Waals surface area contributed by atoms with E-state index in [9.17, 15) is 30.0 Å². The smallest absolute Gasteiger partial charge is 0.306 e. The molecule has 67 heavy (non-hydrogen) atoms. The third-order valence-corrected chi connectivity index (χ3v) is 11.7. The molecule has 0 saturated carbocycles. The number of hydrogen-bond donors (Lipinski definition) is 4. The van der Waals surface area contributed by atoms with Crippen LogP contribution in [0.1, 0.15) is 206 Å². The number of unbranched alkanes of at least 4 members (excludes halogenated alkanes) is 19. The van der Waals surface area contributed by atoms with Gasteiger partial charge in [0.1, 0.15) is 31.0 Å². The molecule has 1 fully saturated rings. The summed E-state index contributed by atoms with van der Waals surface area (Å²) in [5, 5.41) is 40.2. The molecule has 0 aromatic rings. The molecule has 1 aliphatic heterocycles. The molecule has 0 amide bonds. The van der Waals surface area contributed by atoms with Gasteiger partial charge in [-0.05, 0) is 83.5 Å². The minimum absolute atomic E-state index is 0.140. The Kier molecular flexibility index (Phi) is 43.1. The van der Waals surface area contributed by atoms with E-state index in [4.69, 9.17) is 18.9 Å². The minimum Gasteiger partial charge on any atom is -0.462 e. The van der Waals surface area contributed by atoms with E-state index < -0.39 is 55.4 Å². The van der Waals surface area contributed by atoms with Gasteiger partial charge < -0.3 is 39.4 Å². The summed E-state index contributed by atoms with van der Waals surface area (Å²) in [5.74, 6) is -0.955. The summed E-state index contributed by atoms with van der Waals surface area (Å²) in [5.41, 5.74) is 0. The Balaban J connectivity index is 2.33. The number of rotatable bonds is 44. The molecule has 1 saturated heterocycles. The Morgan fingerprint density at radius 1 is 0.463 bits per heavy atom. The summed E-state index contributed by atoms with van der Waals surface area (Å²) in [7, 11) is 0. The van der Waals surface area contributed by atoms with Crippen LogP contribution in [0.4, 0.5) is 0 Å². The van der Waals surface area contributed by atoms with E-state index in [1.807, 2.05) is 12.2 Å². The molecule has 0 aromatic carbocycles. The summed E-state index contributed by atoms with van der Waals surface area (Å²) in [6, 6.07) is 0. The van der Waals surface area contributed by atoms with Gasteiger partial charge in [-0.2, -0.15) is 0 Å². The fourth-order valence-electron chi connectivity index (χ4n) is 7.54. The molecular formula is C57H96O10. The SMILES string of the molecule is CCCCC/C=C/C/C=C/C/C=C/C/C=C/C/C=C/CCC(=O)OC[C@H](CO[C@@H]1O[C@H](CO)[C@H](O)C(O)C1O)OC(=O)CCC/C=C/CC/C=C/CCCCCCCCCCCCCCCC. The fourth-order valence-corrected chi connectivity index (χ4v) is 7.54. The van der Waals surface area contributed by atoms with Crippen LogP contribution in [-0.4, -0.2) is 89.0 Å². The molecular weight excluding hydrogens is 845 g/mol. The van der Waals surface area contributed by atoms with Crippen LogP contribution in [0.15, 0.2) is 85.1 Å². The van der Waals surface area contributed by atoms with Gasteiger partial charge >= 0.3 is 11.9 Å². The number of carbonyl (C=O) groups excluding carboxylic acids is 2. The van der Waals surface area contributed by atoms with Crippen molar-refractivity contribution in [1.82, 2.24) is 0 Å². The summed E-state index contributed by atoms with van der Waals surface area (Å²) >= 11 is 0. The van der Waals surface area contributed by atoms with E-state index in [0.717, 1.165) is 51.4 Å². The summed E-state index contributed by atoms with van der Waals surface area (Å²) in [6.07, 6.45) is 54.8. The molecule has 6 atom stereocenters. The quantitative estimate of drug-likeness (QED) is 0.0264. The lowest BCUT2D eigenvalue weighted by atomic mass is 9.99. The number of aliphatic hydroxyl groups excluding tert-OH is 4. The van der Waals surface area contributed by atoms with Crippen molar-refractivity contribution in [3.63, 3.8) is 0 Å². The summed E-state index contributed by atoms with van der Waals surface area (Å²) < 4.78 is 22.1. The van der Waals surface area contributed by atoms with Crippen LogP contribution in [0.3, 0.4) is 0 Å². The van der Waals surface area contributed by atoms with Gasteiger partial charge in [-0.15, -0.1) is 0 Å². The molecule has 0 bridgehead atoms. The van der Waals surface area contributed by atoms with Gasteiger partial charge in [0.05, 0.1) is 13.2 Å². The number of esters is 2. The van der Waals surface area contributed by atoms with Crippen molar-refractivity contribution >= 4 is 11.9 Å². The Labute approximate surface area is 407 Å². The highest BCUT2D eigenvalue weighted by molar-refractivity contribution is 5.70. The third-order valence-electron chi connectivity index (χ3n) is 11.7. The van der Waals surface area contributed by atoms with Crippen LogP contribution < -0.4 is 0 Å². The van der Waals surface area contributed by atoms with Crippen molar-refractivity contribution in [2.75, 3.05) is 19.8 Å². The van der Waals surface area contributed by atoms with Crippen molar-refractivity contribution < 1.29 is 49.0 Å². The minimum atomic E-state index is -1.62. The molecule has 384 valence electrons. The molecule has 2 unspecified atom stereocenters. The van der Waals surface area contributed by atoms with Crippen LogP contribution in [-0.2, 0) is 28.5 Å². The van der Waals surface area contributed by atoms with E-state index in [1.54, 1.807) is 0 Å². The lowest BCUT2D eigenvalue weighted by molar-refractivity contribution is -0.305. The molecule has 10 nitrogen and oxygen atoms in total. The monoisotopic (exact) mass is 941 g/mol. The zero-order valence-electron chi connectivity index (χ0n) is 42.1. The van der Waals surface area contributed by atoms with Crippen LogP contribution in [0.5, 0.6) is 0 Å². The van der Waals surface area contributed by atoms with Gasteiger partial charge in [0.25, 0.3) is 0 Å². The molecule has 0 spiro atoms. The zero-order chi connectivity index (χ0) is 48.7. The lowest BCUT2D eigenvalue weighted by Crippen LogP contribution is -2.59. The highest BCUT2D eigenvalue weighted by Gasteiger charge is 2.44. The van der Waals surface area contributed by atoms with E-state index in [-0.39, 0.29) is 26.1 Å². The van der Waals surface area contributed by atoms with E-state index in [0.29, 0.717) is 12.8 Å². The van der Waals surface area contributed by atoms with Crippen LogP contribution in [0.2, 0.25) is 0 Å². The predicted molar refractivity (Wildman–Crippen MR) is 274 cm³/mol. The van der Waals surface area contributed by atoms with E-state index in [2.05, 4.69) is 86.8 Å². The molecule has 0 aromatic heterocycles. The normalized spacial score (nSPS) is 19.8. The van der Waals surface area contributed by atoms with Crippen molar-refractivity contribution in [1.29, 1.82) is 0 Å². The maximum atomic E-state index is 12.8.